The van der Waals surface area contributed by atoms with Gasteiger partial charge >= 0.3 is 0 Å². The number of aryl methyl sites for hydroxylation is 1. The van der Waals surface area contributed by atoms with E-state index >= 15 is 0 Å². The molecule has 1 fully saturated rings. The minimum atomic E-state index is -0.255. The minimum Gasteiger partial charge on any atom is -0.370 e. The van der Waals surface area contributed by atoms with E-state index in [4.69, 9.17) is 14.7 Å². The maximum absolute atomic E-state index is 5.73. The zero-order valence-corrected chi connectivity index (χ0v) is 13.1. The molecule has 0 amide bonds. The van der Waals surface area contributed by atoms with Gasteiger partial charge in [0.2, 0.25) is 0 Å². The number of nitrogens with zero attached hydrogens (tertiary/aromatic N) is 2. The maximum Gasteiger partial charge on any atom is 0.164 e. The molecule has 0 atom stereocenters. The van der Waals surface area contributed by atoms with Crippen molar-refractivity contribution in [1.82, 2.24) is 9.97 Å². The van der Waals surface area contributed by atoms with E-state index in [9.17, 15) is 0 Å². The lowest BCUT2D eigenvalue weighted by Crippen LogP contribution is -2.38. The Kier molecular flexibility index (Phi) is 3.65. The summed E-state index contributed by atoms with van der Waals surface area (Å²) in [6, 6.07) is 2.21. The van der Waals surface area contributed by atoms with Crippen molar-refractivity contribution >= 4 is 27.4 Å². The largest absolute Gasteiger partial charge is 0.370 e. The lowest BCUT2D eigenvalue weighted by atomic mass is 9.79. The summed E-state index contributed by atoms with van der Waals surface area (Å²) < 4.78 is 5.73. The molecule has 1 N–H and O–H groups in total. The highest BCUT2D eigenvalue weighted by molar-refractivity contribution is 7.18. The van der Waals surface area contributed by atoms with Crippen molar-refractivity contribution < 1.29 is 4.74 Å². The van der Waals surface area contributed by atoms with Gasteiger partial charge in [0.25, 0.3) is 0 Å². The predicted octanol–water partition coefficient (Wildman–Crippen LogP) is 3.71. The molecule has 2 aromatic rings. The molecule has 0 bridgehead atoms. The number of hydrogen-bond acceptors (Lipinski definition) is 5. The lowest BCUT2D eigenvalue weighted by molar-refractivity contribution is -0.0843. The van der Waals surface area contributed by atoms with Crippen LogP contribution in [0.5, 0.6) is 0 Å². The van der Waals surface area contributed by atoms with E-state index in [0.29, 0.717) is 0 Å². The summed E-state index contributed by atoms with van der Waals surface area (Å²) in [6.07, 6.45) is 4.27. The molecule has 5 heteroatoms. The van der Waals surface area contributed by atoms with Crippen molar-refractivity contribution in [1.29, 1.82) is 0 Å². The molecular weight excluding hydrogens is 270 g/mol. The third kappa shape index (κ3) is 2.09. The monoisotopic (exact) mass is 291 g/mol. The molecule has 20 heavy (non-hydrogen) atoms. The van der Waals surface area contributed by atoms with Crippen molar-refractivity contribution in [3.8, 4) is 0 Å². The number of aromatic nitrogens is 2. The molecule has 1 aliphatic carbocycles. The Labute approximate surface area is 123 Å². The number of fused-ring (bicyclic) bond motifs is 1. The Bertz CT molecular complexity index is 613. The topological polar surface area (TPSA) is 47.0 Å². The zero-order chi connectivity index (χ0) is 14.2. The quantitative estimate of drug-likeness (QED) is 0.912. The predicted molar refractivity (Wildman–Crippen MR) is 83.5 cm³/mol. The van der Waals surface area contributed by atoms with Gasteiger partial charge in [-0.05, 0) is 38.7 Å². The molecule has 4 nitrogen and oxygen atoms in total. The fourth-order valence-corrected chi connectivity index (χ4v) is 3.64. The average molecular weight is 291 g/mol. The van der Waals surface area contributed by atoms with Crippen LogP contribution in [-0.4, -0.2) is 23.6 Å². The fraction of sp³-hybridized carbons (Fsp3) is 0.600. The van der Waals surface area contributed by atoms with Crippen LogP contribution < -0.4 is 5.32 Å². The van der Waals surface area contributed by atoms with Crippen LogP contribution in [0.4, 0.5) is 5.82 Å². The zero-order valence-electron chi connectivity index (χ0n) is 12.3. The molecule has 1 aliphatic rings. The summed E-state index contributed by atoms with van der Waals surface area (Å²) in [5, 5.41) is 4.51. The van der Waals surface area contributed by atoms with Crippen LogP contribution in [0, 0.1) is 0 Å². The summed E-state index contributed by atoms with van der Waals surface area (Å²) in [5.41, 5.74) is -0.255. The average Bonchev–Trinajstić information content (AvgIpc) is 2.82. The second kappa shape index (κ2) is 5.30. The van der Waals surface area contributed by atoms with Gasteiger partial charge in [0.1, 0.15) is 16.2 Å². The Morgan fingerprint density at radius 1 is 1.35 bits per heavy atom. The summed E-state index contributed by atoms with van der Waals surface area (Å²) in [6.45, 7) is 5.13. The molecule has 108 valence electrons. The van der Waals surface area contributed by atoms with Crippen LogP contribution in [0.1, 0.15) is 43.8 Å². The molecule has 2 aromatic heterocycles. The summed E-state index contributed by atoms with van der Waals surface area (Å²) in [4.78, 5) is 12.0. The van der Waals surface area contributed by atoms with Gasteiger partial charge in [-0.15, -0.1) is 11.3 Å². The second-order valence-corrected chi connectivity index (χ2v) is 6.38. The van der Waals surface area contributed by atoms with E-state index < -0.39 is 0 Å². The number of methoxy groups -OCH3 is 1. The van der Waals surface area contributed by atoms with Gasteiger partial charge in [0.15, 0.2) is 5.82 Å². The highest BCUT2D eigenvalue weighted by Crippen LogP contribution is 2.44. The highest BCUT2D eigenvalue weighted by Gasteiger charge is 2.42. The van der Waals surface area contributed by atoms with Crippen LogP contribution in [0.25, 0.3) is 10.2 Å². The number of rotatable bonds is 5. The van der Waals surface area contributed by atoms with Gasteiger partial charge < -0.3 is 10.1 Å². The Morgan fingerprint density at radius 2 is 2.15 bits per heavy atom. The molecule has 0 spiro atoms. The van der Waals surface area contributed by atoms with E-state index in [1.807, 2.05) is 0 Å². The number of thiophene rings is 1. The number of nitrogens with one attached hydrogen (secondary N) is 1. The maximum atomic E-state index is 5.73. The molecule has 0 radical (unpaired) electrons. The van der Waals surface area contributed by atoms with E-state index in [1.54, 1.807) is 18.4 Å². The van der Waals surface area contributed by atoms with Crippen LogP contribution in [0.3, 0.4) is 0 Å². The van der Waals surface area contributed by atoms with Crippen LogP contribution in [0.15, 0.2) is 6.07 Å². The van der Waals surface area contributed by atoms with Crippen LogP contribution >= 0.6 is 11.3 Å². The molecule has 3 rings (SSSR count). The Morgan fingerprint density at radius 3 is 2.70 bits per heavy atom. The molecule has 0 aliphatic heterocycles. The van der Waals surface area contributed by atoms with Gasteiger partial charge in [-0.2, -0.15) is 0 Å². The first-order chi connectivity index (χ1) is 9.72. The summed E-state index contributed by atoms with van der Waals surface area (Å²) >= 11 is 1.77. The van der Waals surface area contributed by atoms with E-state index in [0.717, 1.165) is 47.7 Å². The van der Waals surface area contributed by atoms with Gasteiger partial charge in [0.05, 0.1) is 5.39 Å². The fourth-order valence-electron chi connectivity index (χ4n) is 2.67. The second-order valence-electron chi connectivity index (χ2n) is 5.26. The minimum absolute atomic E-state index is 0.255. The van der Waals surface area contributed by atoms with Crippen molar-refractivity contribution in [2.45, 2.75) is 45.1 Å². The first-order valence-corrected chi connectivity index (χ1v) is 8.14. The van der Waals surface area contributed by atoms with Crippen molar-refractivity contribution in [2.24, 2.45) is 0 Å². The number of hydrogen-bond donors (Lipinski definition) is 1. The first-order valence-electron chi connectivity index (χ1n) is 7.32. The van der Waals surface area contributed by atoms with Crippen molar-refractivity contribution in [3.63, 3.8) is 0 Å². The normalized spacial score (nSPS) is 17.1. The van der Waals surface area contributed by atoms with E-state index in [1.165, 1.54) is 11.3 Å². The smallest absolute Gasteiger partial charge is 0.164 e. The molecule has 0 unspecified atom stereocenters. The highest BCUT2D eigenvalue weighted by atomic mass is 32.1. The Balaban J connectivity index is 2.14. The van der Waals surface area contributed by atoms with E-state index in [2.05, 4.69) is 25.2 Å². The lowest BCUT2D eigenvalue weighted by Gasteiger charge is -2.38. The molecule has 0 aromatic carbocycles. The van der Waals surface area contributed by atoms with E-state index in [-0.39, 0.29) is 5.60 Å². The van der Waals surface area contributed by atoms with Crippen molar-refractivity contribution in [3.05, 3.63) is 16.8 Å². The van der Waals surface area contributed by atoms with Crippen molar-refractivity contribution in [2.75, 3.05) is 19.0 Å². The van der Waals surface area contributed by atoms with Gasteiger partial charge in [-0.3, -0.25) is 0 Å². The number of ether oxygens (including phenoxy) is 1. The molecule has 2 heterocycles. The van der Waals surface area contributed by atoms with Gasteiger partial charge in [0, 0.05) is 18.5 Å². The van der Waals surface area contributed by atoms with Crippen LogP contribution in [-0.2, 0) is 16.8 Å². The molecule has 1 saturated carbocycles. The third-order valence-corrected chi connectivity index (χ3v) is 5.27. The Hall–Kier alpha value is -1.20. The molecular formula is C15H21N3OS. The standard InChI is InChI=1S/C15H21N3OS/c1-4-10-9-11-12(16-5-2)17-14(18-13(11)20-10)15(19-3)7-6-8-15/h9H,4-8H2,1-3H3,(H,16,17,18). The third-order valence-electron chi connectivity index (χ3n) is 4.10. The molecule has 0 saturated heterocycles. The SMILES string of the molecule is CCNc1nc(C2(OC)CCC2)nc2sc(CC)cc12. The number of anilines is 1. The summed E-state index contributed by atoms with van der Waals surface area (Å²) in [5.74, 6) is 1.80. The first kappa shape index (κ1) is 13.8. The van der Waals surface area contributed by atoms with Gasteiger partial charge in [-0.25, -0.2) is 9.97 Å². The summed E-state index contributed by atoms with van der Waals surface area (Å²) in [7, 11) is 1.77. The van der Waals surface area contributed by atoms with Crippen LogP contribution in [0.2, 0.25) is 0 Å². The van der Waals surface area contributed by atoms with Gasteiger partial charge in [-0.1, -0.05) is 6.92 Å².